The summed E-state index contributed by atoms with van der Waals surface area (Å²) in [4.78, 5) is 24.5. The molecule has 5 atom stereocenters. The monoisotopic (exact) mass is 338 g/mol. The molecule has 0 aliphatic heterocycles. The third-order valence-electron chi connectivity index (χ3n) is 6.16. The summed E-state index contributed by atoms with van der Waals surface area (Å²) in [6, 6.07) is 0. The zero-order chi connectivity index (χ0) is 17.5. The van der Waals surface area contributed by atoms with Gasteiger partial charge < -0.3 is 9.84 Å². The Balaban J connectivity index is 2.08. The van der Waals surface area contributed by atoms with Crippen molar-refractivity contribution in [2.75, 3.05) is 0 Å². The second kappa shape index (κ2) is 9.43. The van der Waals surface area contributed by atoms with Crippen molar-refractivity contribution in [2.24, 2.45) is 23.7 Å². The van der Waals surface area contributed by atoms with E-state index >= 15 is 0 Å². The molecule has 1 N–H and O–H groups in total. The number of carbonyl (C=O) groups is 2. The van der Waals surface area contributed by atoms with Crippen LogP contribution in [-0.2, 0) is 14.3 Å². The molecule has 2 rings (SSSR count). The molecule has 2 saturated carbocycles. The minimum absolute atomic E-state index is 0.0201. The Kier molecular flexibility index (Phi) is 7.57. The van der Waals surface area contributed by atoms with Gasteiger partial charge in [0.05, 0.1) is 11.8 Å². The lowest BCUT2D eigenvalue weighted by Gasteiger charge is -2.41. The predicted molar refractivity (Wildman–Crippen MR) is 93.6 cm³/mol. The minimum atomic E-state index is -0.671. The van der Waals surface area contributed by atoms with E-state index in [4.69, 9.17) is 4.74 Å². The van der Waals surface area contributed by atoms with Gasteiger partial charge in [0.1, 0.15) is 6.10 Å². The number of esters is 1. The lowest BCUT2D eigenvalue weighted by molar-refractivity contribution is -0.162. The molecule has 0 bridgehead atoms. The van der Waals surface area contributed by atoms with Crippen LogP contribution in [0.2, 0.25) is 0 Å². The van der Waals surface area contributed by atoms with Crippen LogP contribution in [-0.4, -0.2) is 23.1 Å². The number of carbonyl (C=O) groups excluding carboxylic acids is 1. The zero-order valence-corrected chi connectivity index (χ0v) is 15.3. The topological polar surface area (TPSA) is 63.6 Å². The van der Waals surface area contributed by atoms with Crippen LogP contribution < -0.4 is 0 Å². The Hall–Kier alpha value is -1.06. The number of carboxylic acids is 1. The summed E-state index contributed by atoms with van der Waals surface area (Å²) in [6.45, 7) is 4.17. The Bertz CT molecular complexity index is 420. The molecule has 2 aliphatic carbocycles. The van der Waals surface area contributed by atoms with Crippen molar-refractivity contribution in [3.05, 3.63) is 0 Å². The molecule has 4 nitrogen and oxygen atoms in total. The summed E-state index contributed by atoms with van der Waals surface area (Å²) in [6.07, 6.45) is 10.7. The average molecular weight is 338 g/mol. The highest BCUT2D eigenvalue weighted by Crippen LogP contribution is 2.45. The molecule has 4 heteroatoms. The van der Waals surface area contributed by atoms with Gasteiger partial charge >= 0.3 is 11.9 Å². The molecule has 0 aromatic rings. The molecule has 24 heavy (non-hydrogen) atoms. The van der Waals surface area contributed by atoms with E-state index in [1.54, 1.807) is 0 Å². The fourth-order valence-electron chi connectivity index (χ4n) is 4.86. The highest BCUT2D eigenvalue weighted by Gasteiger charge is 2.43. The van der Waals surface area contributed by atoms with Crippen LogP contribution in [0.3, 0.4) is 0 Å². The first kappa shape index (κ1) is 19.3. The lowest BCUT2D eigenvalue weighted by atomic mass is 9.64. The molecule has 0 heterocycles. The van der Waals surface area contributed by atoms with Crippen LogP contribution in [0.25, 0.3) is 0 Å². The summed E-state index contributed by atoms with van der Waals surface area (Å²) in [7, 11) is 0. The Labute approximate surface area is 146 Å². The SMILES string of the molecule is CCCC(CC)OC(=O)C1CCCCC1C1CCCCC1C(=O)O. The smallest absolute Gasteiger partial charge is 0.309 e. The zero-order valence-electron chi connectivity index (χ0n) is 15.3. The summed E-state index contributed by atoms with van der Waals surface area (Å²) >= 11 is 0. The van der Waals surface area contributed by atoms with E-state index in [-0.39, 0.29) is 35.7 Å². The molecule has 0 aromatic carbocycles. The van der Waals surface area contributed by atoms with E-state index < -0.39 is 5.97 Å². The molecule has 0 saturated heterocycles. The second-order valence-corrected chi connectivity index (χ2v) is 7.70. The fraction of sp³-hybridized carbons (Fsp3) is 0.900. The van der Waals surface area contributed by atoms with Crippen LogP contribution in [0.15, 0.2) is 0 Å². The van der Waals surface area contributed by atoms with Gasteiger partial charge in [-0.25, -0.2) is 0 Å². The van der Waals surface area contributed by atoms with Crippen molar-refractivity contribution in [1.29, 1.82) is 0 Å². The van der Waals surface area contributed by atoms with Crippen LogP contribution in [0.4, 0.5) is 0 Å². The molecular formula is C20H34O4. The van der Waals surface area contributed by atoms with Gasteiger partial charge in [0.2, 0.25) is 0 Å². The maximum Gasteiger partial charge on any atom is 0.309 e. The van der Waals surface area contributed by atoms with Gasteiger partial charge in [-0.3, -0.25) is 9.59 Å². The third kappa shape index (κ3) is 4.73. The maximum absolute atomic E-state index is 12.8. The molecule has 2 aliphatic rings. The van der Waals surface area contributed by atoms with Crippen LogP contribution in [0.5, 0.6) is 0 Å². The normalized spacial score (nSPS) is 32.1. The van der Waals surface area contributed by atoms with Gasteiger partial charge in [-0.2, -0.15) is 0 Å². The maximum atomic E-state index is 12.8. The first-order valence-corrected chi connectivity index (χ1v) is 10.0. The summed E-state index contributed by atoms with van der Waals surface area (Å²) in [5, 5.41) is 9.60. The molecule has 5 unspecified atom stereocenters. The van der Waals surface area contributed by atoms with E-state index in [1.807, 2.05) is 0 Å². The van der Waals surface area contributed by atoms with E-state index in [2.05, 4.69) is 13.8 Å². The Morgan fingerprint density at radius 1 is 0.958 bits per heavy atom. The molecule has 0 amide bonds. The number of ether oxygens (including phenoxy) is 1. The largest absolute Gasteiger partial charge is 0.481 e. The number of rotatable bonds is 7. The van der Waals surface area contributed by atoms with E-state index in [0.717, 1.165) is 70.6 Å². The van der Waals surface area contributed by atoms with E-state index in [9.17, 15) is 14.7 Å². The van der Waals surface area contributed by atoms with Gasteiger partial charge in [-0.05, 0) is 50.4 Å². The minimum Gasteiger partial charge on any atom is -0.481 e. The van der Waals surface area contributed by atoms with Crippen molar-refractivity contribution in [2.45, 2.75) is 90.6 Å². The molecular weight excluding hydrogens is 304 g/mol. The van der Waals surface area contributed by atoms with Gasteiger partial charge in [0, 0.05) is 0 Å². The fourth-order valence-corrected chi connectivity index (χ4v) is 4.86. The van der Waals surface area contributed by atoms with Crippen molar-refractivity contribution < 1.29 is 19.4 Å². The van der Waals surface area contributed by atoms with E-state index in [1.165, 1.54) is 0 Å². The lowest BCUT2D eigenvalue weighted by Crippen LogP contribution is -2.41. The highest BCUT2D eigenvalue weighted by molar-refractivity contribution is 5.74. The van der Waals surface area contributed by atoms with Gasteiger partial charge in [0.25, 0.3) is 0 Å². The van der Waals surface area contributed by atoms with E-state index in [0.29, 0.717) is 0 Å². The number of aliphatic carboxylic acids is 1. The standard InChI is InChI=1S/C20H34O4/c1-3-9-14(4-2)24-20(23)18-13-8-6-11-16(18)15-10-5-7-12-17(15)19(21)22/h14-18H,3-13H2,1-2H3,(H,21,22). The molecule has 0 radical (unpaired) electrons. The third-order valence-corrected chi connectivity index (χ3v) is 6.16. The quantitative estimate of drug-likeness (QED) is 0.677. The predicted octanol–water partition coefficient (Wildman–Crippen LogP) is 4.81. The van der Waals surface area contributed by atoms with Crippen molar-refractivity contribution in [1.82, 2.24) is 0 Å². The van der Waals surface area contributed by atoms with Crippen LogP contribution in [0, 0.1) is 23.7 Å². The van der Waals surface area contributed by atoms with Gasteiger partial charge in [0.15, 0.2) is 0 Å². The first-order valence-electron chi connectivity index (χ1n) is 10.0. The second-order valence-electron chi connectivity index (χ2n) is 7.70. The molecule has 2 fully saturated rings. The summed E-state index contributed by atoms with van der Waals surface area (Å²) in [5.41, 5.74) is 0. The van der Waals surface area contributed by atoms with Gasteiger partial charge in [-0.15, -0.1) is 0 Å². The highest BCUT2D eigenvalue weighted by atomic mass is 16.5. The first-order chi connectivity index (χ1) is 11.6. The molecule has 0 spiro atoms. The summed E-state index contributed by atoms with van der Waals surface area (Å²) < 4.78 is 5.81. The number of carboxylic acid groups (broad SMARTS) is 1. The van der Waals surface area contributed by atoms with Crippen LogP contribution in [0.1, 0.15) is 84.5 Å². The molecule has 138 valence electrons. The number of hydrogen-bond acceptors (Lipinski definition) is 3. The average Bonchev–Trinajstić information content (AvgIpc) is 2.61. The van der Waals surface area contributed by atoms with Gasteiger partial charge in [-0.1, -0.05) is 46.0 Å². The van der Waals surface area contributed by atoms with Crippen molar-refractivity contribution in [3.8, 4) is 0 Å². The number of hydrogen-bond donors (Lipinski definition) is 1. The van der Waals surface area contributed by atoms with Crippen LogP contribution >= 0.6 is 0 Å². The Morgan fingerprint density at radius 3 is 2.04 bits per heavy atom. The van der Waals surface area contributed by atoms with Crippen molar-refractivity contribution >= 4 is 11.9 Å². The summed E-state index contributed by atoms with van der Waals surface area (Å²) in [5.74, 6) is -0.735. The van der Waals surface area contributed by atoms with Crippen molar-refractivity contribution in [3.63, 3.8) is 0 Å². The Morgan fingerprint density at radius 2 is 1.50 bits per heavy atom. The molecule has 0 aromatic heterocycles.